The summed E-state index contributed by atoms with van der Waals surface area (Å²) in [6, 6.07) is 3.69. The molecule has 0 aliphatic carbocycles. The number of nitrogens with one attached hydrogen (secondary N) is 1. The molecule has 4 heteroatoms. The van der Waals surface area contributed by atoms with E-state index in [0.717, 1.165) is 16.7 Å². The summed E-state index contributed by atoms with van der Waals surface area (Å²) in [6.07, 6.45) is 5.04. The fourth-order valence-electron chi connectivity index (χ4n) is 1.80. The van der Waals surface area contributed by atoms with Crippen LogP contribution in [0.1, 0.15) is 16.7 Å². The van der Waals surface area contributed by atoms with Gasteiger partial charge in [0.25, 0.3) is 0 Å². The standard InChI is InChI=1S/C12H15NO2S/c1-5-6-13-16(14,15)12-10(3)7-9(2)8-11(12)4/h1,7-8,13H,6H2,2-4H3. The Morgan fingerprint density at radius 2 is 1.75 bits per heavy atom. The van der Waals surface area contributed by atoms with Gasteiger partial charge in [0.05, 0.1) is 11.4 Å². The van der Waals surface area contributed by atoms with Gasteiger partial charge in [-0.05, 0) is 31.9 Å². The molecule has 1 aromatic rings. The zero-order chi connectivity index (χ0) is 12.3. The summed E-state index contributed by atoms with van der Waals surface area (Å²) in [4.78, 5) is 0.327. The van der Waals surface area contributed by atoms with Crippen LogP contribution < -0.4 is 4.72 Å². The molecule has 1 aromatic carbocycles. The molecule has 0 spiro atoms. The van der Waals surface area contributed by atoms with E-state index in [2.05, 4.69) is 10.6 Å². The van der Waals surface area contributed by atoms with Gasteiger partial charge in [0.1, 0.15) is 0 Å². The zero-order valence-electron chi connectivity index (χ0n) is 9.66. The Labute approximate surface area is 96.9 Å². The van der Waals surface area contributed by atoms with Crippen LogP contribution in [0.25, 0.3) is 0 Å². The molecule has 0 saturated carbocycles. The van der Waals surface area contributed by atoms with Crippen molar-refractivity contribution in [3.8, 4) is 12.3 Å². The Balaban J connectivity index is 3.29. The van der Waals surface area contributed by atoms with Crippen LogP contribution in [0.4, 0.5) is 0 Å². The van der Waals surface area contributed by atoms with Crippen LogP contribution >= 0.6 is 0 Å². The average molecular weight is 237 g/mol. The number of aryl methyl sites for hydroxylation is 3. The van der Waals surface area contributed by atoms with Gasteiger partial charge >= 0.3 is 0 Å². The summed E-state index contributed by atoms with van der Waals surface area (Å²) in [5.41, 5.74) is 2.52. The van der Waals surface area contributed by atoms with E-state index >= 15 is 0 Å². The van der Waals surface area contributed by atoms with E-state index in [0.29, 0.717) is 4.90 Å². The second kappa shape index (κ2) is 4.69. The molecule has 0 atom stereocenters. The van der Waals surface area contributed by atoms with Crippen molar-refractivity contribution in [3.63, 3.8) is 0 Å². The van der Waals surface area contributed by atoms with Gasteiger partial charge in [-0.15, -0.1) is 6.42 Å². The Bertz CT molecular complexity index is 516. The van der Waals surface area contributed by atoms with Crippen molar-refractivity contribution >= 4 is 10.0 Å². The minimum absolute atomic E-state index is 0.00902. The molecule has 0 heterocycles. The van der Waals surface area contributed by atoms with E-state index in [4.69, 9.17) is 6.42 Å². The number of hydrogen-bond acceptors (Lipinski definition) is 2. The van der Waals surface area contributed by atoms with Crippen LogP contribution in [0.15, 0.2) is 17.0 Å². The topological polar surface area (TPSA) is 46.2 Å². The van der Waals surface area contributed by atoms with Crippen molar-refractivity contribution in [2.24, 2.45) is 0 Å². The molecule has 86 valence electrons. The molecule has 0 unspecified atom stereocenters. The summed E-state index contributed by atoms with van der Waals surface area (Å²) in [5.74, 6) is 2.25. The van der Waals surface area contributed by atoms with Crippen molar-refractivity contribution in [1.29, 1.82) is 0 Å². The van der Waals surface area contributed by atoms with Gasteiger partial charge in [-0.25, -0.2) is 8.42 Å². The maximum absolute atomic E-state index is 11.9. The van der Waals surface area contributed by atoms with Crippen LogP contribution in [-0.4, -0.2) is 15.0 Å². The molecule has 0 amide bonds. The first-order valence-electron chi connectivity index (χ1n) is 4.89. The second-order valence-electron chi connectivity index (χ2n) is 3.76. The normalized spacial score (nSPS) is 11.1. The van der Waals surface area contributed by atoms with Crippen LogP contribution in [-0.2, 0) is 10.0 Å². The van der Waals surface area contributed by atoms with Crippen LogP contribution in [0.3, 0.4) is 0 Å². The predicted molar refractivity (Wildman–Crippen MR) is 64.7 cm³/mol. The Morgan fingerprint density at radius 3 is 2.19 bits per heavy atom. The molecule has 0 aliphatic heterocycles. The molecule has 16 heavy (non-hydrogen) atoms. The van der Waals surface area contributed by atoms with E-state index in [1.165, 1.54) is 0 Å². The molecule has 0 aliphatic rings. The molecule has 0 aromatic heterocycles. The van der Waals surface area contributed by atoms with Gasteiger partial charge in [-0.1, -0.05) is 23.6 Å². The highest BCUT2D eigenvalue weighted by atomic mass is 32.2. The fraction of sp³-hybridized carbons (Fsp3) is 0.333. The third-order valence-corrected chi connectivity index (χ3v) is 3.94. The third-order valence-electron chi connectivity index (χ3n) is 2.24. The van der Waals surface area contributed by atoms with E-state index in [9.17, 15) is 8.42 Å². The SMILES string of the molecule is C#CCNS(=O)(=O)c1c(C)cc(C)cc1C. The maximum atomic E-state index is 11.9. The van der Waals surface area contributed by atoms with Crippen LogP contribution in [0, 0.1) is 33.1 Å². The van der Waals surface area contributed by atoms with Gasteiger partial charge in [0.2, 0.25) is 10.0 Å². The maximum Gasteiger partial charge on any atom is 0.241 e. The predicted octanol–water partition coefficient (Wildman–Crippen LogP) is 1.52. The van der Waals surface area contributed by atoms with Crippen molar-refractivity contribution in [3.05, 3.63) is 28.8 Å². The molecular weight excluding hydrogens is 222 g/mol. The summed E-state index contributed by atoms with van der Waals surface area (Å²) < 4.78 is 26.2. The van der Waals surface area contributed by atoms with Crippen LogP contribution in [0.5, 0.6) is 0 Å². The van der Waals surface area contributed by atoms with Gasteiger partial charge in [-0.3, -0.25) is 0 Å². The monoisotopic (exact) mass is 237 g/mol. The fourth-order valence-corrected chi connectivity index (χ4v) is 3.18. The lowest BCUT2D eigenvalue weighted by atomic mass is 10.1. The molecule has 0 saturated heterocycles. The lowest BCUT2D eigenvalue weighted by Crippen LogP contribution is -2.25. The lowest BCUT2D eigenvalue weighted by molar-refractivity contribution is 0.585. The van der Waals surface area contributed by atoms with E-state index in [1.54, 1.807) is 13.8 Å². The quantitative estimate of drug-likeness (QED) is 0.810. The lowest BCUT2D eigenvalue weighted by Gasteiger charge is -2.11. The Kier molecular flexibility index (Phi) is 3.74. The number of terminal acetylenes is 1. The highest BCUT2D eigenvalue weighted by Crippen LogP contribution is 2.21. The first-order chi connectivity index (χ1) is 7.38. The Morgan fingerprint density at radius 1 is 1.25 bits per heavy atom. The number of sulfonamides is 1. The van der Waals surface area contributed by atoms with Gasteiger partial charge in [-0.2, -0.15) is 4.72 Å². The number of benzene rings is 1. The Hall–Kier alpha value is -1.31. The van der Waals surface area contributed by atoms with Gasteiger partial charge in [0, 0.05) is 0 Å². The van der Waals surface area contributed by atoms with Gasteiger partial charge in [0.15, 0.2) is 0 Å². The van der Waals surface area contributed by atoms with Crippen molar-refractivity contribution < 1.29 is 8.42 Å². The highest BCUT2D eigenvalue weighted by molar-refractivity contribution is 7.89. The first-order valence-corrected chi connectivity index (χ1v) is 6.38. The highest BCUT2D eigenvalue weighted by Gasteiger charge is 2.18. The van der Waals surface area contributed by atoms with E-state index in [-0.39, 0.29) is 6.54 Å². The minimum atomic E-state index is -3.49. The molecule has 0 fully saturated rings. The smallest absolute Gasteiger partial charge is 0.207 e. The molecule has 1 rings (SSSR count). The second-order valence-corrected chi connectivity index (χ2v) is 5.46. The number of hydrogen-bond donors (Lipinski definition) is 1. The summed E-state index contributed by atoms with van der Waals surface area (Å²) in [5, 5.41) is 0. The van der Waals surface area contributed by atoms with Crippen LogP contribution in [0.2, 0.25) is 0 Å². The molecule has 0 bridgehead atoms. The summed E-state index contributed by atoms with van der Waals surface area (Å²) in [6.45, 7) is 5.51. The zero-order valence-corrected chi connectivity index (χ0v) is 10.5. The number of rotatable bonds is 3. The van der Waals surface area contributed by atoms with Gasteiger partial charge < -0.3 is 0 Å². The summed E-state index contributed by atoms with van der Waals surface area (Å²) in [7, 11) is -3.49. The van der Waals surface area contributed by atoms with Crippen molar-refractivity contribution in [1.82, 2.24) is 4.72 Å². The summed E-state index contributed by atoms with van der Waals surface area (Å²) >= 11 is 0. The minimum Gasteiger partial charge on any atom is -0.207 e. The molecular formula is C12H15NO2S. The van der Waals surface area contributed by atoms with E-state index < -0.39 is 10.0 Å². The average Bonchev–Trinajstić information content (AvgIpc) is 2.12. The molecule has 3 nitrogen and oxygen atoms in total. The first kappa shape index (κ1) is 12.8. The molecule has 0 radical (unpaired) electrons. The third kappa shape index (κ3) is 2.63. The van der Waals surface area contributed by atoms with E-state index in [1.807, 2.05) is 19.1 Å². The largest absolute Gasteiger partial charge is 0.241 e. The van der Waals surface area contributed by atoms with Crippen molar-refractivity contribution in [2.75, 3.05) is 6.54 Å². The van der Waals surface area contributed by atoms with Crippen molar-refractivity contribution in [2.45, 2.75) is 25.7 Å². The molecule has 1 N–H and O–H groups in total.